The molecule has 0 aromatic heterocycles. The summed E-state index contributed by atoms with van der Waals surface area (Å²) in [5.74, 6) is 0.112. The quantitative estimate of drug-likeness (QED) is 0.767. The minimum Gasteiger partial charge on any atom is -0.313 e. The standard InChI is InChI=1S/C11H20F3NS/c1-10(2)5-3-4-9(8-10)15-6-7-16-11(12,13)14/h9,15H,3-8H2,1-2H3. The van der Waals surface area contributed by atoms with Crippen molar-refractivity contribution in [2.45, 2.75) is 51.1 Å². The number of nitrogens with one attached hydrogen (secondary N) is 1. The van der Waals surface area contributed by atoms with E-state index in [1.165, 1.54) is 12.8 Å². The molecule has 0 bridgehead atoms. The maximum absolute atomic E-state index is 11.9. The Balaban J connectivity index is 2.13. The molecule has 1 rings (SSSR count). The maximum atomic E-state index is 11.9. The Morgan fingerprint density at radius 3 is 2.62 bits per heavy atom. The van der Waals surface area contributed by atoms with Gasteiger partial charge in [0.1, 0.15) is 0 Å². The molecule has 1 aliphatic rings. The molecule has 1 saturated carbocycles. The van der Waals surface area contributed by atoms with E-state index in [0.717, 1.165) is 12.8 Å². The predicted molar refractivity (Wildman–Crippen MR) is 62.6 cm³/mol. The van der Waals surface area contributed by atoms with E-state index in [2.05, 4.69) is 19.2 Å². The Labute approximate surface area is 99.6 Å². The lowest BCUT2D eigenvalue weighted by Crippen LogP contribution is -2.38. The highest BCUT2D eigenvalue weighted by Crippen LogP contribution is 2.35. The van der Waals surface area contributed by atoms with Crippen LogP contribution in [0.15, 0.2) is 0 Å². The first-order valence-electron chi connectivity index (χ1n) is 5.73. The third kappa shape index (κ3) is 5.99. The van der Waals surface area contributed by atoms with Crippen molar-refractivity contribution in [1.29, 1.82) is 0 Å². The van der Waals surface area contributed by atoms with E-state index < -0.39 is 5.51 Å². The maximum Gasteiger partial charge on any atom is 0.441 e. The smallest absolute Gasteiger partial charge is 0.313 e. The third-order valence-electron chi connectivity index (χ3n) is 3.01. The van der Waals surface area contributed by atoms with E-state index in [1.807, 2.05) is 0 Å². The molecule has 0 saturated heterocycles. The van der Waals surface area contributed by atoms with Crippen LogP contribution in [0.2, 0.25) is 0 Å². The third-order valence-corrected chi connectivity index (χ3v) is 3.74. The first-order valence-corrected chi connectivity index (χ1v) is 6.71. The lowest BCUT2D eigenvalue weighted by atomic mass is 9.75. The van der Waals surface area contributed by atoms with Crippen LogP contribution in [-0.2, 0) is 0 Å². The van der Waals surface area contributed by atoms with E-state index in [-0.39, 0.29) is 17.5 Å². The number of thioether (sulfide) groups is 1. The fraction of sp³-hybridized carbons (Fsp3) is 1.00. The van der Waals surface area contributed by atoms with Crippen LogP contribution in [0.1, 0.15) is 39.5 Å². The van der Waals surface area contributed by atoms with E-state index in [0.29, 0.717) is 18.0 Å². The summed E-state index contributed by atoms with van der Waals surface area (Å²) >= 11 is 0.0595. The Bertz CT molecular complexity index is 216. The van der Waals surface area contributed by atoms with Gasteiger partial charge in [0.25, 0.3) is 0 Å². The lowest BCUT2D eigenvalue weighted by molar-refractivity contribution is -0.0327. The molecule has 96 valence electrons. The highest BCUT2D eigenvalue weighted by Gasteiger charge is 2.29. The molecule has 1 aliphatic carbocycles. The van der Waals surface area contributed by atoms with Gasteiger partial charge in [-0.25, -0.2) is 0 Å². The number of rotatable bonds is 4. The van der Waals surface area contributed by atoms with Crippen LogP contribution in [0.5, 0.6) is 0 Å². The van der Waals surface area contributed by atoms with Crippen LogP contribution in [0, 0.1) is 5.41 Å². The molecule has 1 fully saturated rings. The van der Waals surface area contributed by atoms with Gasteiger partial charge in [0.05, 0.1) is 0 Å². The van der Waals surface area contributed by atoms with Crippen molar-refractivity contribution in [3.8, 4) is 0 Å². The average molecular weight is 255 g/mol. The SMILES string of the molecule is CC1(C)CCCC(NCCSC(F)(F)F)C1. The average Bonchev–Trinajstić information content (AvgIpc) is 2.09. The van der Waals surface area contributed by atoms with Gasteiger partial charge in [0.2, 0.25) is 0 Å². The molecule has 0 radical (unpaired) electrons. The Morgan fingerprint density at radius 1 is 1.38 bits per heavy atom. The number of hydrogen-bond donors (Lipinski definition) is 1. The Kier molecular flexibility index (Phi) is 4.98. The van der Waals surface area contributed by atoms with E-state index in [9.17, 15) is 13.2 Å². The Morgan fingerprint density at radius 2 is 2.06 bits per heavy atom. The van der Waals surface area contributed by atoms with Crippen molar-refractivity contribution in [2.75, 3.05) is 12.3 Å². The molecule has 0 amide bonds. The fourth-order valence-corrected chi connectivity index (χ4v) is 2.75. The predicted octanol–water partition coefficient (Wildman–Crippen LogP) is 3.80. The van der Waals surface area contributed by atoms with Crippen LogP contribution in [0.3, 0.4) is 0 Å². The molecular formula is C11H20F3NS. The molecule has 1 unspecified atom stereocenters. The van der Waals surface area contributed by atoms with E-state index in [4.69, 9.17) is 0 Å². The zero-order valence-electron chi connectivity index (χ0n) is 9.86. The zero-order chi connectivity index (χ0) is 12.2. The molecule has 0 heterocycles. The zero-order valence-corrected chi connectivity index (χ0v) is 10.7. The normalized spacial score (nSPS) is 25.7. The van der Waals surface area contributed by atoms with Gasteiger partial charge in [0.15, 0.2) is 0 Å². The summed E-state index contributed by atoms with van der Waals surface area (Å²) in [5.41, 5.74) is -3.75. The minimum atomic E-state index is -4.09. The minimum absolute atomic E-state index is 0.0595. The van der Waals surface area contributed by atoms with Gasteiger partial charge in [0, 0.05) is 18.3 Å². The summed E-state index contributed by atoms with van der Waals surface area (Å²) < 4.78 is 35.6. The van der Waals surface area contributed by atoms with Gasteiger partial charge in [-0.3, -0.25) is 0 Å². The van der Waals surface area contributed by atoms with Gasteiger partial charge in [-0.05, 0) is 36.4 Å². The number of alkyl halides is 3. The monoisotopic (exact) mass is 255 g/mol. The summed E-state index contributed by atoms with van der Waals surface area (Å²) in [7, 11) is 0. The van der Waals surface area contributed by atoms with Crippen LogP contribution in [0.25, 0.3) is 0 Å². The number of halogens is 3. The van der Waals surface area contributed by atoms with Gasteiger partial charge >= 0.3 is 5.51 Å². The molecule has 1 nitrogen and oxygen atoms in total. The highest BCUT2D eigenvalue weighted by molar-refractivity contribution is 8.00. The molecule has 0 spiro atoms. The lowest BCUT2D eigenvalue weighted by Gasteiger charge is -2.35. The van der Waals surface area contributed by atoms with Crippen molar-refractivity contribution in [3.05, 3.63) is 0 Å². The Hall–Kier alpha value is 0.100. The van der Waals surface area contributed by atoms with Gasteiger partial charge < -0.3 is 5.32 Å². The summed E-state index contributed by atoms with van der Waals surface area (Å²) in [6.07, 6.45) is 4.57. The van der Waals surface area contributed by atoms with E-state index >= 15 is 0 Å². The second kappa shape index (κ2) is 5.63. The molecule has 1 N–H and O–H groups in total. The molecule has 0 aromatic rings. The first-order chi connectivity index (χ1) is 7.29. The topological polar surface area (TPSA) is 12.0 Å². The molecule has 5 heteroatoms. The molecule has 1 atom stereocenters. The van der Waals surface area contributed by atoms with Crippen molar-refractivity contribution < 1.29 is 13.2 Å². The first kappa shape index (κ1) is 14.2. The second-order valence-electron chi connectivity index (χ2n) is 5.21. The van der Waals surface area contributed by atoms with Gasteiger partial charge in [-0.15, -0.1) is 0 Å². The molecular weight excluding hydrogens is 235 g/mol. The van der Waals surface area contributed by atoms with Crippen LogP contribution in [0.4, 0.5) is 13.2 Å². The molecule has 0 aromatic carbocycles. The van der Waals surface area contributed by atoms with Crippen molar-refractivity contribution in [3.63, 3.8) is 0 Å². The van der Waals surface area contributed by atoms with Crippen molar-refractivity contribution in [1.82, 2.24) is 5.32 Å². The van der Waals surface area contributed by atoms with Crippen molar-refractivity contribution in [2.24, 2.45) is 5.41 Å². The molecule has 0 aliphatic heterocycles. The summed E-state index contributed by atoms with van der Waals surface area (Å²) in [4.78, 5) is 0. The van der Waals surface area contributed by atoms with Crippen molar-refractivity contribution >= 4 is 11.8 Å². The fourth-order valence-electron chi connectivity index (χ4n) is 2.30. The largest absolute Gasteiger partial charge is 0.441 e. The molecule has 16 heavy (non-hydrogen) atoms. The summed E-state index contributed by atoms with van der Waals surface area (Å²) in [6.45, 7) is 4.90. The highest BCUT2D eigenvalue weighted by atomic mass is 32.2. The van der Waals surface area contributed by atoms with Crippen LogP contribution < -0.4 is 5.32 Å². The second-order valence-corrected chi connectivity index (χ2v) is 6.37. The summed E-state index contributed by atoms with van der Waals surface area (Å²) in [6, 6.07) is 0.401. The van der Waals surface area contributed by atoms with E-state index in [1.54, 1.807) is 0 Å². The van der Waals surface area contributed by atoms with Gasteiger partial charge in [-0.2, -0.15) is 13.2 Å². The van der Waals surface area contributed by atoms with Crippen LogP contribution >= 0.6 is 11.8 Å². The summed E-state index contributed by atoms with van der Waals surface area (Å²) in [5, 5.41) is 3.23. The van der Waals surface area contributed by atoms with Gasteiger partial charge in [-0.1, -0.05) is 20.3 Å². The number of hydrogen-bond acceptors (Lipinski definition) is 2. The van der Waals surface area contributed by atoms with Crippen LogP contribution in [-0.4, -0.2) is 23.8 Å².